The van der Waals surface area contributed by atoms with Crippen LogP contribution < -0.4 is 0 Å². The van der Waals surface area contributed by atoms with Gasteiger partial charge in [0.2, 0.25) is 0 Å². The highest BCUT2D eigenvalue weighted by Gasteiger charge is 2.41. The fourth-order valence-corrected chi connectivity index (χ4v) is 3.47. The van der Waals surface area contributed by atoms with Gasteiger partial charge in [0, 0.05) is 19.3 Å². The largest absolute Gasteiger partial charge is 0.367 e. The molecular weight excluding hydrogens is 296 g/mol. The summed E-state index contributed by atoms with van der Waals surface area (Å²) in [6.07, 6.45) is 6.73. The zero-order valence-corrected chi connectivity index (χ0v) is 12.9. The molecule has 7 nitrogen and oxygen atoms in total. The van der Waals surface area contributed by atoms with Crippen LogP contribution in [-0.2, 0) is 4.74 Å². The molecule has 2 aromatic rings. The Morgan fingerprint density at radius 1 is 1.43 bits per heavy atom. The molecule has 0 bridgehead atoms. The topological polar surface area (TPSA) is 81.4 Å². The first-order valence-corrected chi connectivity index (χ1v) is 7.84. The number of rotatable bonds is 2. The molecule has 3 atom stereocenters. The van der Waals surface area contributed by atoms with Crippen molar-refractivity contribution in [3.63, 3.8) is 0 Å². The summed E-state index contributed by atoms with van der Waals surface area (Å²) in [5.41, 5.74) is 1.45. The van der Waals surface area contributed by atoms with Crippen molar-refractivity contribution in [2.45, 2.75) is 32.0 Å². The van der Waals surface area contributed by atoms with E-state index < -0.39 is 0 Å². The lowest BCUT2D eigenvalue weighted by Crippen LogP contribution is -2.45. The van der Waals surface area contributed by atoms with Crippen LogP contribution in [0.15, 0.2) is 29.3 Å². The van der Waals surface area contributed by atoms with E-state index >= 15 is 0 Å². The summed E-state index contributed by atoms with van der Waals surface area (Å²) in [6.45, 7) is 3.10. The minimum Gasteiger partial charge on any atom is -0.367 e. The monoisotopic (exact) mass is 314 g/mol. The van der Waals surface area contributed by atoms with Gasteiger partial charge in [-0.2, -0.15) is 0 Å². The number of piperidine rings is 1. The maximum absolute atomic E-state index is 12.6. The van der Waals surface area contributed by atoms with E-state index in [1.54, 1.807) is 19.4 Å². The summed E-state index contributed by atoms with van der Waals surface area (Å²) in [7, 11) is 0. The van der Waals surface area contributed by atoms with E-state index in [-0.39, 0.29) is 18.1 Å². The molecule has 2 aromatic heterocycles. The van der Waals surface area contributed by atoms with Gasteiger partial charge in [0.15, 0.2) is 0 Å². The summed E-state index contributed by atoms with van der Waals surface area (Å²) in [5, 5.41) is 3.69. The van der Waals surface area contributed by atoms with Gasteiger partial charge in [0.1, 0.15) is 23.8 Å². The molecule has 0 spiro atoms. The van der Waals surface area contributed by atoms with E-state index in [9.17, 15) is 4.79 Å². The number of amides is 1. The summed E-state index contributed by atoms with van der Waals surface area (Å²) in [4.78, 5) is 22.6. The minimum atomic E-state index is -0.0312. The Labute approximate surface area is 133 Å². The molecule has 23 heavy (non-hydrogen) atoms. The van der Waals surface area contributed by atoms with Crippen molar-refractivity contribution in [3.05, 3.63) is 41.8 Å². The second kappa shape index (κ2) is 5.73. The van der Waals surface area contributed by atoms with Gasteiger partial charge in [-0.15, -0.1) is 0 Å². The molecule has 0 aromatic carbocycles. The Balaban J connectivity index is 1.46. The molecule has 0 N–H and O–H groups in total. The number of carbonyl (C=O) groups excluding carboxylic acids is 1. The Morgan fingerprint density at radius 2 is 2.35 bits per heavy atom. The second-order valence-electron chi connectivity index (χ2n) is 6.13. The van der Waals surface area contributed by atoms with Crippen LogP contribution in [-0.4, -0.2) is 45.1 Å². The number of likely N-dealkylation sites (tertiary alicyclic amines) is 1. The molecule has 120 valence electrons. The molecule has 0 aliphatic carbocycles. The van der Waals surface area contributed by atoms with Crippen molar-refractivity contribution in [2.24, 2.45) is 5.92 Å². The van der Waals surface area contributed by atoms with E-state index in [0.717, 1.165) is 25.1 Å². The lowest BCUT2D eigenvalue weighted by molar-refractivity contribution is -0.00569. The van der Waals surface area contributed by atoms with Crippen LogP contribution in [0, 0.1) is 12.8 Å². The highest BCUT2D eigenvalue weighted by Crippen LogP contribution is 2.40. The van der Waals surface area contributed by atoms with Crippen molar-refractivity contribution >= 4 is 5.91 Å². The molecular formula is C16H18N4O3. The first-order chi connectivity index (χ1) is 11.2. The summed E-state index contributed by atoms with van der Waals surface area (Å²) >= 11 is 0. The number of aromatic nitrogens is 3. The molecule has 2 aliphatic heterocycles. The van der Waals surface area contributed by atoms with Crippen LogP contribution >= 0.6 is 0 Å². The molecule has 7 heteroatoms. The zero-order valence-electron chi connectivity index (χ0n) is 12.9. The molecule has 2 saturated heterocycles. The van der Waals surface area contributed by atoms with Gasteiger partial charge in [-0.1, -0.05) is 5.16 Å². The molecule has 4 heterocycles. The summed E-state index contributed by atoms with van der Waals surface area (Å²) in [5.74, 6) is 1.00. The summed E-state index contributed by atoms with van der Waals surface area (Å²) < 4.78 is 11.2. The highest BCUT2D eigenvalue weighted by molar-refractivity contribution is 5.94. The Morgan fingerprint density at radius 3 is 3.09 bits per heavy atom. The predicted molar refractivity (Wildman–Crippen MR) is 79.5 cm³/mol. The Hall–Kier alpha value is -2.28. The van der Waals surface area contributed by atoms with Gasteiger partial charge < -0.3 is 14.2 Å². The van der Waals surface area contributed by atoms with Crippen molar-refractivity contribution < 1.29 is 14.1 Å². The number of hydrogen-bond donors (Lipinski definition) is 0. The van der Waals surface area contributed by atoms with Crippen LogP contribution in [0.2, 0.25) is 0 Å². The molecule has 0 unspecified atom stereocenters. The quantitative estimate of drug-likeness (QED) is 0.840. The van der Waals surface area contributed by atoms with Gasteiger partial charge in [-0.3, -0.25) is 4.79 Å². The second-order valence-corrected chi connectivity index (χ2v) is 6.13. The highest BCUT2D eigenvalue weighted by atomic mass is 16.5. The number of aryl methyl sites for hydroxylation is 1. The number of fused-ring (bicyclic) bond motifs is 1. The van der Waals surface area contributed by atoms with E-state index in [1.165, 1.54) is 6.20 Å². The zero-order chi connectivity index (χ0) is 15.8. The fraction of sp³-hybridized carbons (Fsp3) is 0.500. The molecule has 2 aliphatic rings. The third-order valence-corrected chi connectivity index (χ3v) is 4.75. The molecule has 1 amide bonds. The molecule has 2 fully saturated rings. The standard InChI is InChI=1S/C16H18N4O3/c1-10-12(7-19-23-10)16(21)20-5-3-11-6-14(22-15(11)8-20)13-2-4-17-9-18-13/h2,4,7,9,11,14-15H,3,5-6,8H2,1H3/t11-,14+,15+/m1/s1. The Bertz CT molecular complexity index is 702. The van der Waals surface area contributed by atoms with Gasteiger partial charge in [0.05, 0.1) is 18.0 Å². The van der Waals surface area contributed by atoms with Gasteiger partial charge >= 0.3 is 0 Å². The number of carbonyl (C=O) groups is 1. The lowest BCUT2D eigenvalue weighted by Gasteiger charge is -2.33. The van der Waals surface area contributed by atoms with Gasteiger partial charge in [0.25, 0.3) is 5.91 Å². The van der Waals surface area contributed by atoms with Crippen molar-refractivity contribution in [1.29, 1.82) is 0 Å². The van der Waals surface area contributed by atoms with Crippen molar-refractivity contribution in [3.8, 4) is 0 Å². The fourth-order valence-electron chi connectivity index (χ4n) is 3.47. The van der Waals surface area contributed by atoms with E-state index in [1.807, 2.05) is 11.0 Å². The third-order valence-electron chi connectivity index (χ3n) is 4.75. The third kappa shape index (κ3) is 2.61. The predicted octanol–water partition coefficient (Wildman–Crippen LogP) is 1.77. The first-order valence-electron chi connectivity index (χ1n) is 7.84. The number of ether oxygens (including phenoxy) is 1. The first kappa shape index (κ1) is 14.3. The van der Waals surface area contributed by atoms with Gasteiger partial charge in [-0.05, 0) is 31.7 Å². The number of hydrogen-bond acceptors (Lipinski definition) is 6. The van der Waals surface area contributed by atoms with Gasteiger partial charge in [-0.25, -0.2) is 9.97 Å². The average molecular weight is 314 g/mol. The van der Waals surface area contributed by atoms with Crippen LogP contribution in [0.25, 0.3) is 0 Å². The average Bonchev–Trinajstić information content (AvgIpc) is 3.20. The Kier molecular flexibility index (Phi) is 3.57. The van der Waals surface area contributed by atoms with E-state index in [4.69, 9.17) is 9.26 Å². The van der Waals surface area contributed by atoms with E-state index in [0.29, 0.717) is 23.8 Å². The lowest BCUT2D eigenvalue weighted by atomic mass is 9.91. The van der Waals surface area contributed by atoms with Crippen LogP contribution in [0.1, 0.15) is 40.8 Å². The van der Waals surface area contributed by atoms with Crippen LogP contribution in [0.5, 0.6) is 0 Å². The summed E-state index contributed by atoms with van der Waals surface area (Å²) in [6, 6.07) is 1.89. The van der Waals surface area contributed by atoms with E-state index in [2.05, 4.69) is 15.1 Å². The maximum atomic E-state index is 12.6. The minimum absolute atomic E-state index is 0.000352. The molecule has 0 radical (unpaired) electrons. The van der Waals surface area contributed by atoms with Crippen LogP contribution in [0.3, 0.4) is 0 Å². The molecule has 4 rings (SSSR count). The normalized spacial score (nSPS) is 27.0. The van der Waals surface area contributed by atoms with Crippen molar-refractivity contribution in [2.75, 3.05) is 13.1 Å². The number of nitrogens with zero attached hydrogens (tertiary/aromatic N) is 4. The SMILES string of the molecule is Cc1oncc1C(=O)N1CC[C@@H]2C[C@@H](c3ccncn3)O[C@H]2C1. The molecule has 0 saturated carbocycles. The maximum Gasteiger partial charge on any atom is 0.259 e. The van der Waals surface area contributed by atoms with Crippen molar-refractivity contribution in [1.82, 2.24) is 20.0 Å². The smallest absolute Gasteiger partial charge is 0.259 e. The van der Waals surface area contributed by atoms with Crippen LogP contribution in [0.4, 0.5) is 0 Å².